The Morgan fingerprint density at radius 3 is 2.29 bits per heavy atom. The first-order valence-electron chi connectivity index (χ1n) is 10.7. The van der Waals surface area contributed by atoms with Crippen LogP contribution in [0.1, 0.15) is 42.9 Å². The quantitative estimate of drug-likeness (QED) is 0.212. The van der Waals surface area contributed by atoms with E-state index in [1.807, 2.05) is 31.2 Å². The highest BCUT2D eigenvalue weighted by molar-refractivity contribution is 5.89. The van der Waals surface area contributed by atoms with Gasteiger partial charge in [0.25, 0.3) is 0 Å². The second kappa shape index (κ2) is 12.2. The van der Waals surface area contributed by atoms with Gasteiger partial charge in [-0.1, -0.05) is 98.6 Å². The maximum atomic E-state index is 5.49. The summed E-state index contributed by atoms with van der Waals surface area (Å²) in [7, 11) is 0. The van der Waals surface area contributed by atoms with E-state index >= 15 is 0 Å². The molecule has 0 heteroatoms. The van der Waals surface area contributed by atoms with Crippen molar-refractivity contribution in [1.29, 1.82) is 0 Å². The van der Waals surface area contributed by atoms with Crippen molar-refractivity contribution in [1.82, 2.24) is 0 Å². The zero-order chi connectivity index (χ0) is 22.6. The summed E-state index contributed by atoms with van der Waals surface area (Å²) in [4.78, 5) is 0. The van der Waals surface area contributed by atoms with Crippen LogP contribution in [-0.2, 0) is 0 Å². The Morgan fingerprint density at radius 2 is 1.68 bits per heavy atom. The zero-order valence-corrected chi connectivity index (χ0v) is 18.8. The number of hydrogen-bond donors (Lipinski definition) is 0. The Kier molecular flexibility index (Phi) is 9.34. The van der Waals surface area contributed by atoms with Gasteiger partial charge in [-0.15, -0.1) is 12.3 Å². The summed E-state index contributed by atoms with van der Waals surface area (Å²) in [6.45, 7) is 16.9. The Bertz CT molecular complexity index is 1060. The second-order valence-corrected chi connectivity index (χ2v) is 7.44. The molecule has 0 fully saturated rings. The minimum atomic E-state index is 0.735. The third kappa shape index (κ3) is 6.46. The molecule has 0 aromatic heterocycles. The topological polar surface area (TPSA) is 0 Å². The summed E-state index contributed by atoms with van der Waals surface area (Å²) in [6.07, 6.45) is 15.9. The van der Waals surface area contributed by atoms with Gasteiger partial charge in [-0.25, -0.2) is 0 Å². The molecule has 0 aliphatic heterocycles. The summed E-state index contributed by atoms with van der Waals surface area (Å²) >= 11 is 0. The van der Waals surface area contributed by atoms with E-state index < -0.39 is 0 Å². The molecule has 2 rings (SSSR count). The van der Waals surface area contributed by atoms with Gasteiger partial charge >= 0.3 is 0 Å². The molecule has 0 bridgehead atoms. The van der Waals surface area contributed by atoms with Crippen LogP contribution in [0.5, 0.6) is 0 Å². The van der Waals surface area contributed by atoms with Crippen molar-refractivity contribution in [2.24, 2.45) is 0 Å². The fraction of sp³-hybridized carbons (Fsp3) is 0.161. The largest absolute Gasteiger partial charge is 0.120 e. The van der Waals surface area contributed by atoms with E-state index in [1.54, 1.807) is 0 Å². The van der Waals surface area contributed by atoms with Crippen LogP contribution >= 0.6 is 0 Å². The van der Waals surface area contributed by atoms with E-state index in [0.29, 0.717) is 0 Å². The molecule has 31 heavy (non-hydrogen) atoms. The van der Waals surface area contributed by atoms with Crippen molar-refractivity contribution in [2.45, 2.75) is 33.1 Å². The van der Waals surface area contributed by atoms with Crippen LogP contribution in [-0.4, -0.2) is 0 Å². The van der Waals surface area contributed by atoms with E-state index in [4.69, 9.17) is 6.42 Å². The molecule has 156 valence electrons. The van der Waals surface area contributed by atoms with Crippen molar-refractivity contribution >= 4 is 5.57 Å². The molecule has 2 aromatic carbocycles. The minimum Gasteiger partial charge on any atom is -0.120 e. The molecule has 0 nitrogen and oxygen atoms in total. The van der Waals surface area contributed by atoms with Crippen LogP contribution in [0.25, 0.3) is 5.57 Å². The Morgan fingerprint density at radius 1 is 1.00 bits per heavy atom. The molecular formula is C31H32. The summed E-state index contributed by atoms with van der Waals surface area (Å²) in [5, 5.41) is 0. The predicted molar refractivity (Wildman–Crippen MR) is 138 cm³/mol. The van der Waals surface area contributed by atoms with Crippen molar-refractivity contribution in [3.05, 3.63) is 138 Å². The highest BCUT2D eigenvalue weighted by Crippen LogP contribution is 2.37. The molecule has 0 atom stereocenters. The van der Waals surface area contributed by atoms with Gasteiger partial charge in [0.15, 0.2) is 0 Å². The standard InChI is InChI=1S/C31H32/c1-7-10-12-18-25(5)30(26(6)22-23-27(8-2)9-3)31(28-19-13-11-14-20-28)29-21-16-15-17-24(29)4/h1,8-9,11,13-17,19-23H,2,5-6,10,12,18H2,3-4H3/b23-22+,27-9+,31-30+. The first-order valence-corrected chi connectivity index (χ1v) is 10.7. The lowest BCUT2D eigenvalue weighted by Gasteiger charge is -2.21. The highest BCUT2D eigenvalue weighted by Gasteiger charge is 2.17. The molecule has 0 saturated carbocycles. The van der Waals surface area contributed by atoms with Gasteiger partial charge in [0.05, 0.1) is 0 Å². The van der Waals surface area contributed by atoms with Gasteiger partial charge in [-0.3, -0.25) is 0 Å². The van der Waals surface area contributed by atoms with Gasteiger partial charge in [-0.2, -0.15) is 0 Å². The van der Waals surface area contributed by atoms with E-state index in [9.17, 15) is 0 Å². The van der Waals surface area contributed by atoms with Crippen LogP contribution in [0.2, 0.25) is 0 Å². The van der Waals surface area contributed by atoms with Crippen LogP contribution in [0.3, 0.4) is 0 Å². The summed E-state index contributed by atoms with van der Waals surface area (Å²) < 4.78 is 0. The number of unbranched alkanes of at least 4 members (excludes halogenated alkanes) is 1. The van der Waals surface area contributed by atoms with E-state index in [-0.39, 0.29) is 0 Å². The van der Waals surface area contributed by atoms with E-state index in [0.717, 1.165) is 52.7 Å². The van der Waals surface area contributed by atoms with Gasteiger partial charge < -0.3 is 0 Å². The lowest BCUT2D eigenvalue weighted by molar-refractivity contribution is 0.857. The molecule has 0 heterocycles. The van der Waals surface area contributed by atoms with Crippen molar-refractivity contribution in [2.75, 3.05) is 0 Å². The van der Waals surface area contributed by atoms with Crippen molar-refractivity contribution in [3.8, 4) is 12.3 Å². The van der Waals surface area contributed by atoms with E-state index in [1.165, 1.54) is 11.1 Å². The number of terminal acetylenes is 1. The van der Waals surface area contributed by atoms with Crippen LogP contribution in [0.15, 0.2) is 121 Å². The molecule has 0 radical (unpaired) electrons. The molecule has 0 unspecified atom stereocenters. The molecule has 2 aromatic rings. The first kappa shape index (κ1) is 23.7. The normalized spacial score (nSPS) is 12.2. The van der Waals surface area contributed by atoms with Crippen LogP contribution < -0.4 is 0 Å². The summed E-state index contributed by atoms with van der Waals surface area (Å²) in [6, 6.07) is 18.9. The fourth-order valence-corrected chi connectivity index (χ4v) is 3.55. The van der Waals surface area contributed by atoms with Crippen molar-refractivity contribution < 1.29 is 0 Å². The third-order valence-electron chi connectivity index (χ3n) is 5.25. The van der Waals surface area contributed by atoms with Gasteiger partial charge in [-0.05, 0) is 71.2 Å². The number of rotatable bonds is 10. The summed E-state index contributed by atoms with van der Waals surface area (Å²) in [5.41, 5.74) is 8.80. The fourth-order valence-electron chi connectivity index (χ4n) is 3.55. The zero-order valence-electron chi connectivity index (χ0n) is 18.8. The summed E-state index contributed by atoms with van der Waals surface area (Å²) in [5.74, 6) is 2.74. The number of allylic oxidation sites excluding steroid dienone is 8. The lowest BCUT2D eigenvalue weighted by Crippen LogP contribution is -2.01. The van der Waals surface area contributed by atoms with Crippen molar-refractivity contribution in [3.63, 3.8) is 0 Å². The monoisotopic (exact) mass is 404 g/mol. The lowest BCUT2D eigenvalue weighted by atomic mass is 9.83. The van der Waals surface area contributed by atoms with Crippen LogP contribution in [0.4, 0.5) is 0 Å². The maximum Gasteiger partial charge on any atom is 0.00892 e. The van der Waals surface area contributed by atoms with Gasteiger partial charge in [0, 0.05) is 6.42 Å². The van der Waals surface area contributed by atoms with Gasteiger partial charge in [0.1, 0.15) is 0 Å². The molecule has 0 spiro atoms. The average molecular weight is 405 g/mol. The second-order valence-electron chi connectivity index (χ2n) is 7.44. The SMILES string of the molecule is C#CCCCC(=C)/C(C(=C)/C=C/C(C=C)=C/C)=C(/c1ccccc1)c1ccccc1C. The maximum absolute atomic E-state index is 5.49. The number of benzene rings is 2. The smallest absolute Gasteiger partial charge is 0.00892 e. The van der Waals surface area contributed by atoms with Gasteiger partial charge in [0.2, 0.25) is 0 Å². The Labute approximate surface area is 188 Å². The Hall–Kier alpha value is -3.56. The molecule has 0 N–H and O–H groups in total. The van der Waals surface area contributed by atoms with Crippen LogP contribution in [0, 0.1) is 19.3 Å². The Balaban J connectivity index is 2.76. The number of aryl methyl sites for hydroxylation is 1. The predicted octanol–water partition coefficient (Wildman–Crippen LogP) is 8.40. The third-order valence-corrected chi connectivity index (χ3v) is 5.25. The molecule has 0 aliphatic carbocycles. The molecule has 0 aliphatic rings. The molecular weight excluding hydrogens is 372 g/mol. The molecule has 0 saturated heterocycles. The van der Waals surface area contributed by atoms with E-state index in [2.05, 4.69) is 87.2 Å². The average Bonchev–Trinajstić information content (AvgIpc) is 2.79. The number of hydrogen-bond acceptors (Lipinski definition) is 0. The first-order chi connectivity index (χ1) is 15.0. The molecule has 0 amide bonds. The minimum absolute atomic E-state index is 0.735. The highest BCUT2D eigenvalue weighted by atomic mass is 14.2.